The topological polar surface area (TPSA) is 64.6 Å². The predicted molar refractivity (Wildman–Crippen MR) is 118 cm³/mol. The summed E-state index contributed by atoms with van der Waals surface area (Å²) in [6.45, 7) is 1.75. The maximum Gasteiger partial charge on any atom is 0.366 e. The molecular formula is C21H29NO4S3. The molecule has 2 atom stereocenters. The average Bonchev–Trinajstić information content (AvgIpc) is 3.21. The molecule has 4 saturated carbocycles. The minimum Gasteiger partial charge on any atom is -0.449 e. The molecule has 0 saturated heterocycles. The number of carbonyl (C=O) groups is 2. The molecule has 29 heavy (non-hydrogen) atoms. The van der Waals surface area contributed by atoms with Crippen LogP contribution in [0.3, 0.4) is 0 Å². The van der Waals surface area contributed by atoms with Crippen molar-refractivity contribution < 1.29 is 19.2 Å². The number of rotatable bonds is 9. The lowest BCUT2D eigenvalue weighted by Crippen LogP contribution is -2.59. The largest absolute Gasteiger partial charge is 0.449 e. The van der Waals surface area contributed by atoms with E-state index < -0.39 is 18.0 Å². The van der Waals surface area contributed by atoms with Crippen molar-refractivity contribution in [1.82, 2.24) is 5.48 Å². The third-order valence-corrected chi connectivity index (χ3v) is 9.22. The van der Waals surface area contributed by atoms with Gasteiger partial charge in [-0.1, -0.05) is 13.0 Å². The maximum atomic E-state index is 12.9. The van der Waals surface area contributed by atoms with Crippen LogP contribution in [0.25, 0.3) is 0 Å². The van der Waals surface area contributed by atoms with Gasteiger partial charge in [0, 0.05) is 11.5 Å². The molecule has 0 aromatic carbocycles. The van der Waals surface area contributed by atoms with E-state index in [2.05, 4.69) is 18.1 Å². The Bertz CT molecular complexity index is 688. The number of esters is 1. The van der Waals surface area contributed by atoms with E-state index in [0.29, 0.717) is 11.5 Å². The lowest BCUT2D eigenvalue weighted by Gasteiger charge is -2.56. The van der Waals surface area contributed by atoms with Crippen molar-refractivity contribution >= 4 is 47.7 Å². The molecule has 4 fully saturated rings. The fourth-order valence-corrected chi connectivity index (χ4v) is 7.38. The van der Waals surface area contributed by atoms with Gasteiger partial charge < -0.3 is 9.57 Å². The van der Waals surface area contributed by atoms with Crippen LogP contribution in [-0.2, 0) is 19.2 Å². The Hall–Kier alpha value is -0.700. The van der Waals surface area contributed by atoms with Crippen LogP contribution in [0.5, 0.6) is 0 Å². The number of nitrogens with one attached hydrogen (secondary N) is 1. The number of hydrogen-bond acceptors (Lipinski definition) is 8. The summed E-state index contributed by atoms with van der Waals surface area (Å²) in [4.78, 5) is 30.7. The number of thioether (sulfide) groups is 1. The molecule has 0 radical (unpaired) electrons. The van der Waals surface area contributed by atoms with Gasteiger partial charge in [-0.2, -0.15) is 12.6 Å². The number of ether oxygens (including phenoxy) is 1. The molecule has 160 valence electrons. The number of thiophene rings is 1. The summed E-state index contributed by atoms with van der Waals surface area (Å²) in [5.74, 6) is 1.70. The smallest absolute Gasteiger partial charge is 0.366 e. The van der Waals surface area contributed by atoms with E-state index in [1.807, 2.05) is 17.5 Å². The summed E-state index contributed by atoms with van der Waals surface area (Å²) in [7, 11) is 0. The van der Waals surface area contributed by atoms with Gasteiger partial charge in [-0.3, -0.25) is 4.79 Å². The molecule has 0 amide bonds. The second-order valence-corrected chi connectivity index (χ2v) is 11.6. The zero-order valence-electron chi connectivity index (χ0n) is 16.7. The molecule has 1 N–H and O–H groups in total. The Kier molecular flexibility index (Phi) is 6.83. The van der Waals surface area contributed by atoms with Gasteiger partial charge in [-0.25, -0.2) is 4.79 Å². The molecule has 5 rings (SSSR count). The van der Waals surface area contributed by atoms with Crippen LogP contribution in [0.4, 0.5) is 0 Å². The summed E-state index contributed by atoms with van der Waals surface area (Å²) >= 11 is 7.26. The third-order valence-electron chi connectivity index (χ3n) is 6.48. The van der Waals surface area contributed by atoms with Crippen LogP contribution in [0.1, 0.15) is 45.4 Å². The maximum absolute atomic E-state index is 12.9. The molecule has 5 nitrogen and oxygen atoms in total. The average molecular weight is 456 g/mol. The summed E-state index contributed by atoms with van der Waals surface area (Å²) in [5.41, 5.74) is 3.07. The number of thiol groups is 1. The molecule has 4 bridgehead atoms. The van der Waals surface area contributed by atoms with Crippen molar-refractivity contribution in [3.8, 4) is 0 Å². The van der Waals surface area contributed by atoms with Crippen LogP contribution in [0.15, 0.2) is 21.7 Å². The Morgan fingerprint density at radius 1 is 1.24 bits per heavy atom. The van der Waals surface area contributed by atoms with E-state index in [1.54, 1.807) is 18.3 Å². The minimum absolute atomic E-state index is 0.0851. The van der Waals surface area contributed by atoms with Gasteiger partial charge in [-0.15, -0.1) is 28.6 Å². The highest BCUT2D eigenvalue weighted by molar-refractivity contribution is 8.01. The predicted octanol–water partition coefficient (Wildman–Crippen LogP) is 4.33. The first-order chi connectivity index (χ1) is 14.0. The number of hydrogen-bond donors (Lipinski definition) is 2. The van der Waals surface area contributed by atoms with E-state index in [4.69, 9.17) is 9.57 Å². The summed E-state index contributed by atoms with van der Waals surface area (Å²) in [6.07, 6.45) is 6.29. The first-order valence-corrected chi connectivity index (χ1v) is 12.9. The first-order valence-electron chi connectivity index (χ1n) is 10.4. The van der Waals surface area contributed by atoms with Crippen molar-refractivity contribution in [1.29, 1.82) is 0 Å². The highest BCUT2D eigenvalue weighted by Gasteiger charge is 2.51. The Balaban J connectivity index is 1.36. The Labute approximate surface area is 186 Å². The Morgan fingerprint density at radius 2 is 1.90 bits per heavy atom. The second kappa shape index (κ2) is 9.20. The van der Waals surface area contributed by atoms with E-state index in [-0.39, 0.29) is 11.5 Å². The fraction of sp³-hybridized carbons (Fsp3) is 0.714. The van der Waals surface area contributed by atoms with E-state index >= 15 is 0 Å². The van der Waals surface area contributed by atoms with Crippen molar-refractivity contribution in [3.63, 3.8) is 0 Å². The molecule has 1 heterocycles. The molecule has 1 aromatic heterocycles. The zero-order chi connectivity index (χ0) is 20.4. The van der Waals surface area contributed by atoms with Crippen LogP contribution in [-0.4, -0.2) is 35.1 Å². The van der Waals surface area contributed by atoms with E-state index in [9.17, 15) is 9.59 Å². The lowest BCUT2D eigenvalue weighted by atomic mass is 9.53. The number of hydroxylamine groups is 1. The molecule has 0 unspecified atom stereocenters. The molecule has 1 aromatic rings. The zero-order valence-corrected chi connectivity index (χ0v) is 19.2. The quantitative estimate of drug-likeness (QED) is 0.250. The van der Waals surface area contributed by atoms with Crippen LogP contribution in [0, 0.1) is 23.7 Å². The van der Waals surface area contributed by atoms with Gasteiger partial charge >= 0.3 is 11.9 Å². The summed E-state index contributed by atoms with van der Waals surface area (Å²) in [6, 6.07) is 3.95. The number of carbonyl (C=O) groups excluding carboxylic acids is 2. The molecule has 4 aliphatic rings. The van der Waals surface area contributed by atoms with Crippen LogP contribution >= 0.6 is 35.7 Å². The normalized spacial score (nSPS) is 32.0. The molecule has 8 heteroatoms. The summed E-state index contributed by atoms with van der Waals surface area (Å²) in [5, 5.41) is 1.99. The monoisotopic (exact) mass is 455 g/mol. The molecule has 0 spiro atoms. The molecule has 0 aliphatic heterocycles. The minimum atomic E-state index is -0.932. The van der Waals surface area contributed by atoms with Gasteiger partial charge in [0.15, 0.2) is 0 Å². The van der Waals surface area contributed by atoms with E-state index in [0.717, 1.165) is 41.2 Å². The van der Waals surface area contributed by atoms with E-state index in [1.165, 1.54) is 31.0 Å². The van der Waals surface area contributed by atoms with Crippen LogP contribution in [0.2, 0.25) is 0 Å². The molecular weight excluding hydrogens is 426 g/mol. The third kappa shape index (κ3) is 5.14. The standard InChI is InChI=1S/C21H29NO4S3/c1-13(11-27)19(23)25-17(12-29-18-3-2-4-28-18)20(24)26-22-21-8-14-5-15(9-21)7-16(6-14)10-21/h2-4,13-17,22,27H,5-12H2,1H3/t13-,14?,15?,16?,17+,21?/m1/s1. The lowest BCUT2D eigenvalue weighted by molar-refractivity contribution is -0.182. The van der Waals surface area contributed by atoms with Gasteiger partial charge in [0.25, 0.3) is 0 Å². The fourth-order valence-electron chi connectivity index (χ4n) is 5.44. The Morgan fingerprint density at radius 3 is 2.45 bits per heavy atom. The van der Waals surface area contributed by atoms with Gasteiger partial charge in [0.05, 0.1) is 15.7 Å². The second-order valence-electron chi connectivity index (χ2n) is 8.97. The van der Waals surface area contributed by atoms with Crippen molar-refractivity contribution in [2.45, 2.75) is 61.3 Å². The highest BCUT2D eigenvalue weighted by atomic mass is 32.2. The highest BCUT2D eigenvalue weighted by Crippen LogP contribution is 2.55. The summed E-state index contributed by atoms with van der Waals surface area (Å²) < 4.78 is 6.59. The van der Waals surface area contributed by atoms with Gasteiger partial charge in [0.1, 0.15) is 0 Å². The van der Waals surface area contributed by atoms with Crippen molar-refractivity contribution in [2.75, 3.05) is 11.5 Å². The van der Waals surface area contributed by atoms with Gasteiger partial charge in [0.2, 0.25) is 6.10 Å². The first kappa shape index (κ1) is 21.5. The van der Waals surface area contributed by atoms with Crippen molar-refractivity contribution in [2.24, 2.45) is 23.7 Å². The SMILES string of the molecule is C[C@H](CS)C(=O)O[C@@H](CSc1cccs1)C(=O)ONC12CC3CC(CC(C3)C1)C2. The van der Waals surface area contributed by atoms with Gasteiger partial charge in [-0.05, 0) is 67.7 Å². The molecule has 4 aliphatic carbocycles. The van der Waals surface area contributed by atoms with Crippen LogP contribution < -0.4 is 5.48 Å². The van der Waals surface area contributed by atoms with Crippen molar-refractivity contribution in [3.05, 3.63) is 17.5 Å².